The Morgan fingerprint density at radius 1 is 1.39 bits per heavy atom. The third-order valence-electron chi connectivity index (χ3n) is 4.81. The van der Waals surface area contributed by atoms with Crippen LogP contribution in [0.1, 0.15) is 58.2 Å². The molecule has 3 nitrogen and oxygen atoms in total. The van der Waals surface area contributed by atoms with E-state index in [1.54, 1.807) is 0 Å². The average Bonchev–Trinajstić information content (AvgIpc) is 2.67. The summed E-state index contributed by atoms with van der Waals surface area (Å²) in [5.41, 5.74) is 9.26. The minimum absolute atomic E-state index is 0.414. The molecule has 2 N–H and O–H groups in total. The Balaban J connectivity index is 2.23. The molecule has 1 aliphatic rings. The van der Waals surface area contributed by atoms with Crippen molar-refractivity contribution in [2.45, 2.75) is 66.3 Å². The van der Waals surface area contributed by atoms with Gasteiger partial charge in [-0.25, -0.2) is 4.68 Å². The lowest BCUT2D eigenvalue weighted by Gasteiger charge is -2.36. The van der Waals surface area contributed by atoms with Crippen LogP contribution in [0, 0.1) is 11.3 Å². The number of fused-ring (bicyclic) bond motifs is 1. The topological polar surface area (TPSA) is 43.8 Å². The molecule has 0 radical (unpaired) electrons. The molecule has 1 unspecified atom stereocenters. The van der Waals surface area contributed by atoms with Crippen molar-refractivity contribution in [3.05, 3.63) is 11.3 Å². The van der Waals surface area contributed by atoms with E-state index in [4.69, 9.17) is 5.73 Å². The van der Waals surface area contributed by atoms with Crippen LogP contribution in [0.4, 0.5) is 5.82 Å². The minimum Gasteiger partial charge on any atom is -0.384 e. The van der Waals surface area contributed by atoms with E-state index in [0.29, 0.717) is 5.41 Å². The molecule has 3 heteroatoms. The lowest BCUT2D eigenvalue weighted by Crippen LogP contribution is -2.29. The van der Waals surface area contributed by atoms with E-state index in [0.717, 1.165) is 37.5 Å². The lowest BCUT2D eigenvalue weighted by molar-refractivity contribution is 0.183. The predicted molar refractivity (Wildman–Crippen MR) is 76.5 cm³/mol. The van der Waals surface area contributed by atoms with Crippen LogP contribution in [0.3, 0.4) is 0 Å². The lowest BCUT2D eigenvalue weighted by atomic mass is 9.69. The van der Waals surface area contributed by atoms with Gasteiger partial charge in [0.05, 0.1) is 5.69 Å². The highest BCUT2D eigenvalue weighted by atomic mass is 15.3. The van der Waals surface area contributed by atoms with Crippen molar-refractivity contribution < 1.29 is 0 Å². The third-order valence-corrected chi connectivity index (χ3v) is 4.81. The van der Waals surface area contributed by atoms with E-state index >= 15 is 0 Å². The maximum atomic E-state index is 6.26. The van der Waals surface area contributed by atoms with Gasteiger partial charge in [0.25, 0.3) is 0 Å². The van der Waals surface area contributed by atoms with Crippen LogP contribution in [-0.4, -0.2) is 9.78 Å². The first-order chi connectivity index (χ1) is 8.49. The fourth-order valence-electron chi connectivity index (χ4n) is 2.98. The molecule has 0 aliphatic heterocycles. The Hall–Kier alpha value is -0.990. The van der Waals surface area contributed by atoms with Crippen molar-refractivity contribution >= 4 is 5.82 Å². The van der Waals surface area contributed by atoms with Crippen molar-refractivity contribution in [2.24, 2.45) is 11.3 Å². The molecule has 0 amide bonds. The highest BCUT2D eigenvalue weighted by Crippen LogP contribution is 2.40. The second-order valence-electron chi connectivity index (χ2n) is 6.32. The highest BCUT2D eigenvalue weighted by Gasteiger charge is 2.33. The summed E-state index contributed by atoms with van der Waals surface area (Å²) in [7, 11) is 0. The molecule has 0 spiro atoms. The van der Waals surface area contributed by atoms with Gasteiger partial charge in [0.2, 0.25) is 0 Å². The number of hydrogen-bond donors (Lipinski definition) is 1. The summed E-state index contributed by atoms with van der Waals surface area (Å²) in [5.74, 6) is 1.67. The second kappa shape index (κ2) is 4.94. The van der Waals surface area contributed by atoms with Crippen molar-refractivity contribution in [3.8, 4) is 0 Å². The number of anilines is 1. The molecule has 0 saturated heterocycles. The largest absolute Gasteiger partial charge is 0.384 e. The highest BCUT2D eigenvalue weighted by molar-refractivity contribution is 5.45. The molecule has 1 aromatic heterocycles. The van der Waals surface area contributed by atoms with Gasteiger partial charge in [-0.3, -0.25) is 0 Å². The Labute approximate surface area is 111 Å². The normalized spacial score (nSPS) is 19.9. The summed E-state index contributed by atoms with van der Waals surface area (Å²) < 4.78 is 2.01. The molecule has 0 saturated carbocycles. The maximum absolute atomic E-state index is 6.26. The molecular formula is C15H27N3. The van der Waals surface area contributed by atoms with Crippen molar-refractivity contribution in [2.75, 3.05) is 5.73 Å². The summed E-state index contributed by atoms with van der Waals surface area (Å²) in [6.45, 7) is 10.2. The molecule has 102 valence electrons. The number of aryl methyl sites for hydroxylation is 2. The number of rotatable bonds is 4. The van der Waals surface area contributed by atoms with Crippen LogP contribution in [0.5, 0.6) is 0 Å². The molecule has 18 heavy (non-hydrogen) atoms. The SMILES string of the molecule is CCCn1nc2c(c1N)CC(C(C)(C)CC)CC2. The third kappa shape index (κ3) is 2.27. The van der Waals surface area contributed by atoms with Crippen molar-refractivity contribution in [1.29, 1.82) is 0 Å². The van der Waals surface area contributed by atoms with Crippen molar-refractivity contribution in [1.82, 2.24) is 9.78 Å². The van der Waals surface area contributed by atoms with Gasteiger partial charge in [0.15, 0.2) is 0 Å². The first-order valence-corrected chi connectivity index (χ1v) is 7.33. The minimum atomic E-state index is 0.414. The number of nitrogens with zero attached hydrogens (tertiary/aromatic N) is 2. The van der Waals surface area contributed by atoms with Crippen LogP contribution in [0.15, 0.2) is 0 Å². The molecule has 0 fully saturated rings. The molecule has 2 rings (SSSR count). The van der Waals surface area contributed by atoms with Crippen LogP contribution >= 0.6 is 0 Å². The first kappa shape index (κ1) is 13.4. The first-order valence-electron chi connectivity index (χ1n) is 7.33. The van der Waals surface area contributed by atoms with E-state index in [1.807, 2.05) is 4.68 Å². The van der Waals surface area contributed by atoms with E-state index in [1.165, 1.54) is 24.1 Å². The van der Waals surface area contributed by atoms with Gasteiger partial charge < -0.3 is 5.73 Å². The monoisotopic (exact) mass is 249 g/mol. The van der Waals surface area contributed by atoms with E-state index in [-0.39, 0.29) is 0 Å². The van der Waals surface area contributed by atoms with Crippen LogP contribution < -0.4 is 5.73 Å². The molecule has 1 heterocycles. The number of hydrogen-bond acceptors (Lipinski definition) is 2. The fourth-order valence-corrected chi connectivity index (χ4v) is 2.98. The number of nitrogens with two attached hydrogens (primary N) is 1. The zero-order valence-corrected chi connectivity index (χ0v) is 12.3. The standard InChI is InChI=1S/C15H27N3/c1-5-9-18-14(16)12-10-11(15(3,4)6-2)7-8-13(12)17-18/h11H,5-10,16H2,1-4H3. The maximum Gasteiger partial charge on any atom is 0.125 e. The Morgan fingerprint density at radius 2 is 2.11 bits per heavy atom. The van der Waals surface area contributed by atoms with E-state index in [9.17, 15) is 0 Å². The number of aromatic nitrogens is 2. The fraction of sp³-hybridized carbons (Fsp3) is 0.800. The smallest absolute Gasteiger partial charge is 0.125 e. The average molecular weight is 249 g/mol. The summed E-state index contributed by atoms with van der Waals surface area (Å²) >= 11 is 0. The molecule has 0 aromatic carbocycles. The van der Waals surface area contributed by atoms with Gasteiger partial charge >= 0.3 is 0 Å². The summed E-state index contributed by atoms with van der Waals surface area (Å²) in [4.78, 5) is 0. The molecule has 0 bridgehead atoms. The van der Waals surface area contributed by atoms with Crippen LogP contribution in [0.25, 0.3) is 0 Å². The Bertz CT molecular complexity index is 418. The zero-order chi connectivity index (χ0) is 13.3. The molecule has 1 aliphatic carbocycles. The molecule has 1 aromatic rings. The summed E-state index contributed by atoms with van der Waals surface area (Å²) in [6.07, 6.45) is 5.80. The molecular weight excluding hydrogens is 222 g/mol. The summed E-state index contributed by atoms with van der Waals surface area (Å²) in [6, 6.07) is 0. The zero-order valence-electron chi connectivity index (χ0n) is 12.3. The Morgan fingerprint density at radius 3 is 2.72 bits per heavy atom. The van der Waals surface area contributed by atoms with Crippen LogP contribution in [-0.2, 0) is 19.4 Å². The van der Waals surface area contributed by atoms with Gasteiger partial charge in [-0.1, -0.05) is 34.1 Å². The van der Waals surface area contributed by atoms with Gasteiger partial charge in [0, 0.05) is 12.1 Å². The van der Waals surface area contributed by atoms with E-state index < -0.39 is 0 Å². The summed E-state index contributed by atoms with van der Waals surface area (Å²) in [5, 5.41) is 4.67. The molecule has 1 atom stereocenters. The van der Waals surface area contributed by atoms with Gasteiger partial charge in [-0.05, 0) is 37.0 Å². The van der Waals surface area contributed by atoms with Crippen LogP contribution in [0.2, 0.25) is 0 Å². The number of nitrogen functional groups attached to an aromatic ring is 1. The Kier molecular flexibility index (Phi) is 3.69. The van der Waals surface area contributed by atoms with Gasteiger partial charge in [0.1, 0.15) is 5.82 Å². The van der Waals surface area contributed by atoms with Gasteiger partial charge in [-0.2, -0.15) is 5.10 Å². The second-order valence-corrected chi connectivity index (χ2v) is 6.32. The van der Waals surface area contributed by atoms with E-state index in [2.05, 4.69) is 32.8 Å². The predicted octanol–water partition coefficient (Wildman–Crippen LogP) is 3.42. The van der Waals surface area contributed by atoms with Crippen molar-refractivity contribution in [3.63, 3.8) is 0 Å². The van der Waals surface area contributed by atoms with Gasteiger partial charge in [-0.15, -0.1) is 0 Å². The quantitative estimate of drug-likeness (QED) is 0.888.